The minimum Gasteiger partial charge on any atom is -0.481 e. The van der Waals surface area contributed by atoms with Crippen LogP contribution in [0, 0.1) is 11.8 Å². The van der Waals surface area contributed by atoms with E-state index in [2.05, 4.69) is 0 Å². The monoisotopic (exact) mass is 399 g/mol. The summed E-state index contributed by atoms with van der Waals surface area (Å²) < 4.78 is 42.5. The molecule has 2 aliphatic heterocycles. The summed E-state index contributed by atoms with van der Waals surface area (Å²) in [6.45, 7) is 1.50. The summed E-state index contributed by atoms with van der Waals surface area (Å²) in [6, 6.07) is 6.27. The van der Waals surface area contributed by atoms with Crippen molar-refractivity contribution < 1.29 is 32.6 Å². The van der Waals surface area contributed by atoms with Crippen LogP contribution in [0.25, 0.3) is 0 Å². The van der Waals surface area contributed by atoms with Crippen LogP contribution in [-0.4, -0.2) is 53.9 Å². The van der Waals surface area contributed by atoms with Gasteiger partial charge in [-0.25, -0.2) is 0 Å². The molecule has 0 aliphatic carbocycles. The Balaban J connectivity index is 1.53. The van der Waals surface area contributed by atoms with E-state index in [1.807, 2.05) is 0 Å². The molecular weight excluding hydrogens is 375 g/mol. The molecule has 28 heavy (non-hydrogen) atoms. The molecular formula is C20H24F3NO4. The number of halogens is 3. The molecule has 2 fully saturated rings. The molecule has 1 N–H and O–H groups in total. The molecule has 1 amide bonds. The van der Waals surface area contributed by atoms with Crippen LogP contribution in [0.4, 0.5) is 13.2 Å². The van der Waals surface area contributed by atoms with E-state index in [1.165, 1.54) is 0 Å². The van der Waals surface area contributed by atoms with Gasteiger partial charge in [0.05, 0.1) is 12.0 Å². The van der Waals surface area contributed by atoms with Crippen LogP contribution in [0.3, 0.4) is 0 Å². The van der Waals surface area contributed by atoms with Crippen molar-refractivity contribution in [2.24, 2.45) is 11.8 Å². The summed E-state index contributed by atoms with van der Waals surface area (Å²) in [6.07, 6.45) is -3.57. The molecule has 154 valence electrons. The van der Waals surface area contributed by atoms with Gasteiger partial charge in [-0.15, -0.1) is 0 Å². The number of amides is 1. The van der Waals surface area contributed by atoms with Gasteiger partial charge in [-0.2, -0.15) is 13.2 Å². The van der Waals surface area contributed by atoms with Crippen molar-refractivity contribution in [3.05, 3.63) is 35.4 Å². The molecule has 3 rings (SSSR count). The molecule has 1 aromatic carbocycles. The minimum atomic E-state index is -4.19. The van der Waals surface area contributed by atoms with Gasteiger partial charge in [0.25, 0.3) is 5.91 Å². The van der Waals surface area contributed by atoms with Crippen LogP contribution in [0.2, 0.25) is 0 Å². The number of ether oxygens (including phenoxy) is 1. The fraction of sp³-hybridized carbons (Fsp3) is 0.600. The van der Waals surface area contributed by atoms with E-state index < -0.39 is 24.5 Å². The number of carboxylic acid groups (broad SMARTS) is 1. The summed E-state index contributed by atoms with van der Waals surface area (Å²) in [5, 5.41) is 9.30. The van der Waals surface area contributed by atoms with Gasteiger partial charge in [-0.3, -0.25) is 9.59 Å². The van der Waals surface area contributed by atoms with Gasteiger partial charge in [0, 0.05) is 31.7 Å². The summed E-state index contributed by atoms with van der Waals surface area (Å²) in [5.74, 6) is -1.33. The number of carboxylic acids is 1. The lowest BCUT2D eigenvalue weighted by atomic mass is 9.84. The Morgan fingerprint density at radius 3 is 2.32 bits per heavy atom. The molecule has 5 nitrogen and oxygen atoms in total. The maximum absolute atomic E-state index is 12.6. The molecule has 0 radical (unpaired) electrons. The standard InChI is InChI=1S/C20H24F3NO4/c21-20(22,23)9-5-13-1-3-15(4-2-13)18(25)24-10-6-14(7-11-24)17-16(19(26)27)8-12-28-17/h1-4,14,16-17H,5-12H2,(H,26,27)/t16?,17-/m0/s1. The number of carbonyl (C=O) groups is 2. The quantitative estimate of drug-likeness (QED) is 0.823. The van der Waals surface area contributed by atoms with Crippen LogP contribution < -0.4 is 0 Å². The van der Waals surface area contributed by atoms with Crippen LogP contribution in [0.15, 0.2) is 24.3 Å². The normalized spacial score (nSPS) is 23.8. The van der Waals surface area contributed by atoms with Crippen LogP contribution in [0.1, 0.15) is 41.6 Å². The molecule has 2 heterocycles. The summed E-state index contributed by atoms with van der Waals surface area (Å²) in [4.78, 5) is 25.7. The third-order valence-electron chi connectivity index (χ3n) is 5.64. The van der Waals surface area contributed by atoms with Crippen LogP contribution in [0.5, 0.6) is 0 Å². The average molecular weight is 399 g/mol. The predicted molar refractivity (Wildman–Crippen MR) is 94.9 cm³/mol. The lowest BCUT2D eigenvalue weighted by Crippen LogP contribution is -2.43. The van der Waals surface area contributed by atoms with Gasteiger partial charge >= 0.3 is 12.1 Å². The Kier molecular flexibility index (Phi) is 6.27. The molecule has 2 saturated heterocycles. The number of benzene rings is 1. The first-order valence-electron chi connectivity index (χ1n) is 9.54. The maximum atomic E-state index is 12.6. The second kappa shape index (κ2) is 8.51. The molecule has 2 atom stereocenters. The van der Waals surface area contributed by atoms with Gasteiger partial charge in [-0.1, -0.05) is 12.1 Å². The number of rotatable bonds is 5. The number of aryl methyl sites for hydroxylation is 1. The van der Waals surface area contributed by atoms with Crippen molar-refractivity contribution in [3.63, 3.8) is 0 Å². The van der Waals surface area contributed by atoms with Crippen molar-refractivity contribution in [2.45, 2.75) is 44.4 Å². The zero-order chi connectivity index (χ0) is 20.3. The fourth-order valence-corrected chi connectivity index (χ4v) is 4.05. The average Bonchev–Trinajstić information content (AvgIpc) is 3.16. The van der Waals surface area contributed by atoms with E-state index in [0.717, 1.165) is 0 Å². The number of piperidine rings is 1. The fourth-order valence-electron chi connectivity index (χ4n) is 4.05. The third kappa shape index (κ3) is 5.04. The Labute approximate surface area is 161 Å². The summed E-state index contributed by atoms with van der Waals surface area (Å²) in [5.41, 5.74) is 1.00. The third-order valence-corrected chi connectivity index (χ3v) is 5.64. The lowest BCUT2D eigenvalue weighted by molar-refractivity contribution is -0.145. The Morgan fingerprint density at radius 1 is 1.11 bits per heavy atom. The van der Waals surface area contributed by atoms with Crippen LogP contribution in [-0.2, 0) is 16.0 Å². The molecule has 0 bridgehead atoms. The van der Waals surface area contributed by atoms with E-state index in [9.17, 15) is 27.9 Å². The first-order chi connectivity index (χ1) is 13.2. The zero-order valence-corrected chi connectivity index (χ0v) is 15.5. The second-order valence-corrected chi connectivity index (χ2v) is 7.51. The van der Waals surface area contributed by atoms with Gasteiger partial charge in [0.2, 0.25) is 0 Å². The number of aliphatic carboxylic acids is 1. The van der Waals surface area contributed by atoms with Gasteiger partial charge < -0.3 is 14.7 Å². The highest BCUT2D eigenvalue weighted by Crippen LogP contribution is 2.33. The van der Waals surface area contributed by atoms with Gasteiger partial charge in [0.1, 0.15) is 0 Å². The number of hydrogen-bond acceptors (Lipinski definition) is 3. The molecule has 8 heteroatoms. The van der Waals surface area contributed by atoms with E-state index >= 15 is 0 Å². The summed E-state index contributed by atoms with van der Waals surface area (Å²) >= 11 is 0. The topological polar surface area (TPSA) is 66.8 Å². The van der Waals surface area contributed by atoms with E-state index in [-0.39, 0.29) is 24.3 Å². The summed E-state index contributed by atoms with van der Waals surface area (Å²) in [7, 11) is 0. The highest BCUT2D eigenvalue weighted by atomic mass is 19.4. The van der Waals surface area contributed by atoms with Gasteiger partial charge in [0.15, 0.2) is 0 Å². The van der Waals surface area contributed by atoms with Crippen LogP contribution >= 0.6 is 0 Å². The number of hydrogen-bond donors (Lipinski definition) is 1. The number of likely N-dealkylation sites (tertiary alicyclic amines) is 1. The van der Waals surface area contributed by atoms with E-state index in [0.29, 0.717) is 50.1 Å². The molecule has 0 saturated carbocycles. The van der Waals surface area contributed by atoms with Crippen molar-refractivity contribution in [1.82, 2.24) is 4.90 Å². The highest BCUT2D eigenvalue weighted by molar-refractivity contribution is 5.94. The minimum absolute atomic E-state index is 0.102. The molecule has 1 aromatic rings. The van der Waals surface area contributed by atoms with Gasteiger partial charge in [-0.05, 0) is 49.3 Å². The molecule has 1 unspecified atom stereocenters. The first kappa shape index (κ1) is 20.6. The number of carbonyl (C=O) groups excluding carboxylic acids is 1. The Bertz CT molecular complexity index is 696. The highest BCUT2D eigenvalue weighted by Gasteiger charge is 2.40. The number of alkyl halides is 3. The molecule has 0 spiro atoms. The first-order valence-corrected chi connectivity index (χ1v) is 9.54. The lowest BCUT2D eigenvalue weighted by Gasteiger charge is -2.35. The SMILES string of the molecule is O=C(O)C1CCO[C@H]1C1CCN(C(=O)c2ccc(CCC(F)(F)F)cc2)CC1. The molecule has 0 aromatic heterocycles. The largest absolute Gasteiger partial charge is 0.481 e. The second-order valence-electron chi connectivity index (χ2n) is 7.51. The molecule has 2 aliphatic rings. The van der Waals surface area contributed by atoms with Crippen molar-refractivity contribution in [1.29, 1.82) is 0 Å². The zero-order valence-electron chi connectivity index (χ0n) is 15.5. The number of nitrogens with zero attached hydrogens (tertiary/aromatic N) is 1. The Morgan fingerprint density at radius 2 is 1.75 bits per heavy atom. The van der Waals surface area contributed by atoms with E-state index in [4.69, 9.17) is 4.74 Å². The maximum Gasteiger partial charge on any atom is 0.389 e. The van der Waals surface area contributed by atoms with Crippen molar-refractivity contribution in [3.8, 4) is 0 Å². The predicted octanol–water partition coefficient (Wildman–Crippen LogP) is 3.52. The smallest absolute Gasteiger partial charge is 0.389 e. The van der Waals surface area contributed by atoms with E-state index in [1.54, 1.807) is 29.2 Å². The van der Waals surface area contributed by atoms with Crippen molar-refractivity contribution >= 4 is 11.9 Å². The Hall–Kier alpha value is -2.09. The van der Waals surface area contributed by atoms with Crippen molar-refractivity contribution in [2.75, 3.05) is 19.7 Å².